The maximum absolute atomic E-state index is 4.01. The zero-order chi connectivity index (χ0) is 11.6. The van der Waals surface area contributed by atoms with Crippen LogP contribution in [0.25, 0.3) is 0 Å². The van der Waals surface area contributed by atoms with Gasteiger partial charge < -0.3 is 26.9 Å². The molecule has 1 aromatic heterocycles. The van der Waals surface area contributed by atoms with Gasteiger partial charge in [0.05, 0.1) is 6.33 Å². The summed E-state index contributed by atoms with van der Waals surface area (Å²) >= 11 is 0. The third-order valence-corrected chi connectivity index (χ3v) is 2.69. The fourth-order valence-electron chi connectivity index (χ4n) is 1.75. The van der Waals surface area contributed by atoms with E-state index in [1.165, 1.54) is 25.0 Å². The van der Waals surface area contributed by atoms with Gasteiger partial charge in [0, 0.05) is 11.9 Å². The fourth-order valence-corrected chi connectivity index (χ4v) is 1.75. The van der Waals surface area contributed by atoms with Crippen molar-refractivity contribution in [1.82, 2.24) is 9.97 Å². The molecule has 6 nitrogen and oxygen atoms in total. The molecule has 0 saturated carbocycles. The molecule has 1 aliphatic rings. The van der Waals surface area contributed by atoms with E-state index in [0.717, 1.165) is 12.3 Å². The molecular formula is C14H28N2O4. The summed E-state index contributed by atoms with van der Waals surface area (Å²) in [4.78, 5) is 7.16. The van der Waals surface area contributed by atoms with Crippen LogP contribution in [0.4, 0.5) is 0 Å². The van der Waals surface area contributed by atoms with E-state index in [9.17, 15) is 0 Å². The summed E-state index contributed by atoms with van der Waals surface area (Å²) in [6.07, 6.45) is 13.2. The first-order valence-corrected chi connectivity index (χ1v) is 5.82. The van der Waals surface area contributed by atoms with E-state index in [0.29, 0.717) is 0 Å². The van der Waals surface area contributed by atoms with E-state index in [-0.39, 0.29) is 21.9 Å². The average molecular weight is 288 g/mol. The van der Waals surface area contributed by atoms with Crippen molar-refractivity contribution in [1.29, 1.82) is 0 Å². The van der Waals surface area contributed by atoms with Crippen LogP contribution in [0.15, 0.2) is 24.7 Å². The minimum atomic E-state index is 0. The van der Waals surface area contributed by atoms with Gasteiger partial charge in [0.2, 0.25) is 0 Å². The predicted octanol–water partition coefficient (Wildman–Crippen LogP) is 0.0393. The number of rotatable bonds is 2. The maximum Gasteiger partial charge on any atom is 0.0921 e. The molecule has 1 atom stereocenters. The number of H-pyrrole nitrogens is 1. The highest BCUT2D eigenvalue weighted by Crippen LogP contribution is 2.21. The maximum atomic E-state index is 4.01. The normalized spacial score (nSPS) is 14.4. The van der Waals surface area contributed by atoms with Gasteiger partial charge in [0.15, 0.2) is 0 Å². The van der Waals surface area contributed by atoms with E-state index in [4.69, 9.17) is 0 Å². The largest absolute Gasteiger partial charge is 0.412 e. The van der Waals surface area contributed by atoms with Gasteiger partial charge >= 0.3 is 0 Å². The quantitative estimate of drug-likeness (QED) is 0.592. The molecule has 9 N–H and O–H groups in total. The highest BCUT2D eigenvalue weighted by Gasteiger charge is 2.10. The lowest BCUT2D eigenvalue weighted by molar-refractivity contribution is 0.473. The van der Waals surface area contributed by atoms with E-state index < -0.39 is 0 Å². The molecule has 1 heterocycles. The van der Waals surface area contributed by atoms with Crippen LogP contribution in [0.5, 0.6) is 0 Å². The van der Waals surface area contributed by atoms with Crippen LogP contribution in [0, 0.1) is 17.8 Å². The summed E-state index contributed by atoms with van der Waals surface area (Å²) in [6.45, 7) is 3.64. The van der Waals surface area contributed by atoms with Gasteiger partial charge in [-0.15, -0.1) is 11.8 Å². The number of imidazole rings is 1. The number of nitrogens with zero attached hydrogens (tertiary/aromatic N) is 1. The SMILES string of the molecule is C1=CCC(Cc2cnc[nH]2)CC1.CC#CC.O.O.O.O. The van der Waals surface area contributed by atoms with Crippen molar-refractivity contribution in [3.8, 4) is 11.8 Å². The average Bonchev–Trinajstić information content (AvgIpc) is 2.84. The zero-order valence-electron chi connectivity index (χ0n) is 12.2. The Morgan fingerprint density at radius 3 is 2.20 bits per heavy atom. The second-order valence-electron chi connectivity index (χ2n) is 3.93. The Hall–Kier alpha value is -1.65. The lowest BCUT2D eigenvalue weighted by Gasteiger charge is -2.15. The van der Waals surface area contributed by atoms with E-state index in [2.05, 4.69) is 34.0 Å². The molecule has 0 amide bonds. The predicted molar refractivity (Wildman–Crippen MR) is 82.4 cm³/mol. The highest BCUT2D eigenvalue weighted by atomic mass is 16.0. The first kappa shape index (κ1) is 26.8. The highest BCUT2D eigenvalue weighted by molar-refractivity contribution is 4.99. The molecule has 1 aliphatic carbocycles. The Kier molecular flexibility index (Phi) is 23.3. The van der Waals surface area contributed by atoms with Gasteiger partial charge in [-0.2, -0.15) is 0 Å². The standard InChI is InChI=1S/C10H14N2.C4H6.4H2O/c1-2-4-9(5-3-1)6-10-7-11-8-12-10;1-3-4-2;;;;/h1-2,7-9H,3-6H2,(H,11,12);1-2H3;4*1H2. The van der Waals surface area contributed by atoms with Gasteiger partial charge in [0.1, 0.15) is 0 Å². The van der Waals surface area contributed by atoms with Crippen LogP contribution in [-0.4, -0.2) is 31.9 Å². The Morgan fingerprint density at radius 1 is 1.15 bits per heavy atom. The van der Waals surface area contributed by atoms with Gasteiger partial charge in [-0.05, 0) is 45.4 Å². The van der Waals surface area contributed by atoms with E-state index in [1.54, 1.807) is 6.33 Å². The molecule has 1 aromatic rings. The lowest BCUT2D eigenvalue weighted by atomic mass is 9.90. The Bertz CT molecular complexity index is 360. The fraction of sp³-hybridized carbons (Fsp3) is 0.500. The van der Waals surface area contributed by atoms with Crippen LogP contribution in [-0.2, 0) is 6.42 Å². The van der Waals surface area contributed by atoms with Gasteiger partial charge in [-0.3, -0.25) is 0 Å². The Morgan fingerprint density at radius 2 is 1.80 bits per heavy atom. The molecule has 1 unspecified atom stereocenters. The molecule has 0 spiro atoms. The first-order chi connectivity index (χ1) is 7.86. The monoisotopic (exact) mass is 288 g/mol. The number of allylic oxidation sites excluding steroid dienone is 2. The minimum absolute atomic E-state index is 0. The first-order valence-electron chi connectivity index (χ1n) is 5.82. The number of aromatic nitrogens is 2. The van der Waals surface area contributed by atoms with Crippen LogP contribution in [0.1, 0.15) is 38.8 Å². The Labute approximate surface area is 120 Å². The molecular weight excluding hydrogens is 260 g/mol. The molecule has 0 radical (unpaired) electrons. The molecule has 2 rings (SSSR count). The molecule has 0 fully saturated rings. The lowest BCUT2D eigenvalue weighted by Crippen LogP contribution is -2.06. The summed E-state index contributed by atoms with van der Waals surface area (Å²) in [7, 11) is 0. The second kappa shape index (κ2) is 17.4. The third-order valence-electron chi connectivity index (χ3n) is 2.69. The van der Waals surface area contributed by atoms with E-state index in [1.807, 2.05) is 20.0 Å². The summed E-state index contributed by atoms with van der Waals surface area (Å²) in [5.41, 5.74) is 1.27. The van der Waals surface area contributed by atoms with E-state index >= 15 is 0 Å². The molecule has 20 heavy (non-hydrogen) atoms. The van der Waals surface area contributed by atoms with Crippen molar-refractivity contribution >= 4 is 0 Å². The van der Waals surface area contributed by atoms with Crippen molar-refractivity contribution in [3.63, 3.8) is 0 Å². The van der Waals surface area contributed by atoms with Crippen LogP contribution in [0.3, 0.4) is 0 Å². The molecule has 0 bridgehead atoms. The van der Waals surface area contributed by atoms with Crippen molar-refractivity contribution in [2.45, 2.75) is 39.5 Å². The van der Waals surface area contributed by atoms with Crippen molar-refractivity contribution in [2.24, 2.45) is 5.92 Å². The van der Waals surface area contributed by atoms with Crippen molar-refractivity contribution in [3.05, 3.63) is 30.4 Å². The number of hydrogen-bond donors (Lipinski definition) is 1. The molecule has 118 valence electrons. The molecule has 0 aromatic carbocycles. The number of hydrogen-bond acceptors (Lipinski definition) is 1. The number of aromatic amines is 1. The summed E-state index contributed by atoms with van der Waals surface area (Å²) < 4.78 is 0. The van der Waals surface area contributed by atoms with Crippen LogP contribution >= 0.6 is 0 Å². The van der Waals surface area contributed by atoms with Gasteiger partial charge in [-0.25, -0.2) is 4.98 Å². The van der Waals surface area contributed by atoms with Gasteiger partial charge in [-0.1, -0.05) is 12.2 Å². The third kappa shape index (κ3) is 11.4. The van der Waals surface area contributed by atoms with Crippen molar-refractivity contribution in [2.75, 3.05) is 0 Å². The summed E-state index contributed by atoms with van der Waals surface area (Å²) in [5, 5.41) is 0. The molecule has 0 saturated heterocycles. The van der Waals surface area contributed by atoms with Crippen molar-refractivity contribution < 1.29 is 21.9 Å². The topological polar surface area (TPSA) is 155 Å². The Balaban J connectivity index is -0.000000145. The van der Waals surface area contributed by atoms with Gasteiger partial charge in [0.25, 0.3) is 0 Å². The second-order valence-corrected chi connectivity index (χ2v) is 3.93. The smallest absolute Gasteiger partial charge is 0.0921 e. The molecule has 0 aliphatic heterocycles. The van der Waals surface area contributed by atoms with Crippen LogP contribution in [0.2, 0.25) is 0 Å². The summed E-state index contributed by atoms with van der Waals surface area (Å²) in [6, 6.07) is 0. The van der Waals surface area contributed by atoms with Crippen LogP contribution < -0.4 is 0 Å². The molecule has 6 heteroatoms. The zero-order valence-corrected chi connectivity index (χ0v) is 12.2. The minimum Gasteiger partial charge on any atom is -0.412 e. The number of nitrogens with one attached hydrogen (secondary N) is 1. The summed E-state index contributed by atoms with van der Waals surface area (Å²) in [5.74, 6) is 6.19.